The Bertz CT molecular complexity index is 676. The van der Waals surface area contributed by atoms with Crippen LogP contribution in [0, 0.1) is 6.92 Å². The van der Waals surface area contributed by atoms with Gasteiger partial charge in [0.2, 0.25) is 0 Å². The van der Waals surface area contributed by atoms with Gasteiger partial charge in [0, 0.05) is 5.02 Å². The molecule has 1 atom stereocenters. The van der Waals surface area contributed by atoms with E-state index >= 15 is 0 Å². The maximum atomic E-state index is 12.2. The molecule has 0 saturated heterocycles. The summed E-state index contributed by atoms with van der Waals surface area (Å²) in [5.41, 5.74) is 1.52. The van der Waals surface area contributed by atoms with Crippen LogP contribution >= 0.6 is 11.6 Å². The summed E-state index contributed by atoms with van der Waals surface area (Å²) in [5.74, 6) is -0.350. The van der Waals surface area contributed by atoms with Gasteiger partial charge in [0.1, 0.15) is 0 Å². The minimum absolute atomic E-state index is 0.219. The minimum Gasteiger partial charge on any atom is -0.387 e. The number of rotatable bonds is 4. The van der Waals surface area contributed by atoms with E-state index in [1.165, 1.54) is 0 Å². The van der Waals surface area contributed by atoms with Gasteiger partial charge in [0.25, 0.3) is 0 Å². The summed E-state index contributed by atoms with van der Waals surface area (Å²) in [6, 6.07) is 13.1. The highest BCUT2D eigenvalue weighted by Crippen LogP contribution is 2.21. The van der Waals surface area contributed by atoms with Crippen LogP contribution in [0.5, 0.6) is 0 Å². The first-order chi connectivity index (χ1) is 9.38. The molecule has 2 aromatic rings. The van der Waals surface area contributed by atoms with Crippen LogP contribution in [0.15, 0.2) is 53.4 Å². The van der Waals surface area contributed by atoms with E-state index in [1.54, 1.807) is 48.5 Å². The van der Waals surface area contributed by atoms with Crippen molar-refractivity contribution in [1.29, 1.82) is 0 Å². The minimum atomic E-state index is -3.52. The molecule has 106 valence electrons. The molecule has 0 aromatic heterocycles. The number of aliphatic hydroxyl groups is 1. The van der Waals surface area contributed by atoms with Gasteiger partial charge in [-0.1, -0.05) is 41.4 Å². The zero-order valence-electron chi connectivity index (χ0n) is 11.0. The lowest BCUT2D eigenvalue weighted by molar-refractivity contribution is 0.201. The van der Waals surface area contributed by atoms with E-state index in [2.05, 4.69) is 0 Å². The van der Waals surface area contributed by atoms with Crippen molar-refractivity contribution in [3.05, 3.63) is 64.7 Å². The Hall–Kier alpha value is -1.36. The highest BCUT2D eigenvalue weighted by atomic mass is 35.5. The van der Waals surface area contributed by atoms with Crippen molar-refractivity contribution in [3.8, 4) is 0 Å². The van der Waals surface area contributed by atoms with E-state index in [-0.39, 0.29) is 10.6 Å². The van der Waals surface area contributed by atoms with Gasteiger partial charge in [0.15, 0.2) is 9.84 Å². The van der Waals surface area contributed by atoms with E-state index < -0.39 is 15.9 Å². The zero-order chi connectivity index (χ0) is 14.8. The van der Waals surface area contributed by atoms with E-state index in [4.69, 9.17) is 11.6 Å². The summed E-state index contributed by atoms with van der Waals surface area (Å²) in [7, 11) is -3.52. The molecule has 0 bridgehead atoms. The second kappa shape index (κ2) is 5.95. The van der Waals surface area contributed by atoms with Gasteiger partial charge < -0.3 is 5.11 Å². The van der Waals surface area contributed by atoms with Crippen LogP contribution < -0.4 is 0 Å². The molecule has 0 radical (unpaired) electrons. The molecule has 20 heavy (non-hydrogen) atoms. The molecule has 2 rings (SSSR count). The van der Waals surface area contributed by atoms with Crippen LogP contribution in [-0.4, -0.2) is 19.3 Å². The Labute approximate surface area is 123 Å². The lowest BCUT2D eigenvalue weighted by Crippen LogP contribution is -2.14. The fourth-order valence-corrected chi connectivity index (χ4v) is 3.31. The second-order valence-corrected chi connectivity index (χ2v) is 7.13. The van der Waals surface area contributed by atoms with Crippen LogP contribution in [0.1, 0.15) is 17.2 Å². The Kier molecular flexibility index (Phi) is 4.48. The molecule has 2 aromatic carbocycles. The quantitative estimate of drug-likeness (QED) is 0.943. The van der Waals surface area contributed by atoms with Crippen molar-refractivity contribution >= 4 is 21.4 Å². The summed E-state index contributed by atoms with van der Waals surface area (Å²) in [5, 5.41) is 10.6. The maximum Gasteiger partial charge on any atom is 0.181 e. The van der Waals surface area contributed by atoms with Gasteiger partial charge in [0.05, 0.1) is 16.8 Å². The largest absolute Gasteiger partial charge is 0.387 e. The molecule has 3 nitrogen and oxygen atoms in total. The Morgan fingerprint density at radius 3 is 2.15 bits per heavy atom. The first-order valence-electron chi connectivity index (χ1n) is 6.11. The predicted molar refractivity (Wildman–Crippen MR) is 79.6 cm³/mol. The molecule has 0 aliphatic heterocycles. The number of aryl methyl sites for hydroxylation is 1. The van der Waals surface area contributed by atoms with Gasteiger partial charge in [-0.2, -0.15) is 0 Å². The van der Waals surface area contributed by atoms with Crippen molar-refractivity contribution in [3.63, 3.8) is 0 Å². The van der Waals surface area contributed by atoms with E-state index in [9.17, 15) is 13.5 Å². The standard InChI is InChI=1S/C15H15ClO3S/c1-11-2-8-14(9-3-11)20(18,19)10-15(17)12-4-6-13(16)7-5-12/h2-9,15,17H,10H2,1H3/t15-/m1/s1. The maximum absolute atomic E-state index is 12.2. The monoisotopic (exact) mass is 310 g/mol. The topological polar surface area (TPSA) is 54.4 Å². The number of hydrogen-bond donors (Lipinski definition) is 1. The first-order valence-corrected chi connectivity index (χ1v) is 8.14. The average molecular weight is 311 g/mol. The van der Waals surface area contributed by atoms with Crippen molar-refractivity contribution in [2.75, 3.05) is 5.75 Å². The van der Waals surface area contributed by atoms with E-state index in [0.717, 1.165) is 5.56 Å². The molecule has 0 aliphatic carbocycles. The summed E-state index contributed by atoms with van der Waals surface area (Å²) in [6.07, 6.45) is -1.07. The smallest absolute Gasteiger partial charge is 0.181 e. The number of benzene rings is 2. The van der Waals surface area contributed by atoms with E-state index in [1.807, 2.05) is 6.92 Å². The summed E-state index contributed by atoms with van der Waals surface area (Å²) >= 11 is 5.76. The van der Waals surface area contributed by atoms with Crippen LogP contribution in [0.4, 0.5) is 0 Å². The van der Waals surface area contributed by atoms with Gasteiger partial charge in [-0.3, -0.25) is 0 Å². The van der Waals surface area contributed by atoms with Gasteiger partial charge in [-0.05, 0) is 36.8 Å². The fraction of sp³-hybridized carbons (Fsp3) is 0.200. The molecule has 0 heterocycles. The molecule has 5 heteroatoms. The van der Waals surface area contributed by atoms with E-state index in [0.29, 0.717) is 10.6 Å². The lowest BCUT2D eigenvalue weighted by Gasteiger charge is -2.12. The lowest BCUT2D eigenvalue weighted by atomic mass is 10.1. The Balaban J connectivity index is 2.19. The summed E-state index contributed by atoms with van der Waals surface area (Å²) < 4.78 is 24.4. The second-order valence-electron chi connectivity index (χ2n) is 4.66. The molecular weight excluding hydrogens is 296 g/mol. The summed E-state index contributed by atoms with van der Waals surface area (Å²) in [4.78, 5) is 0.219. The first kappa shape index (κ1) is 15.0. The van der Waals surface area contributed by atoms with Crippen molar-refractivity contribution in [2.24, 2.45) is 0 Å². The molecule has 0 amide bonds. The molecule has 0 spiro atoms. The van der Waals surface area contributed by atoms with Crippen LogP contribution in [0.3, 0.4) is 0 Å². The average Bonchev–Trinajstić information content (AvgIpc) is 2.39. The van der Waals surface area contributed by atoms with Crippen LogP contribution in [0.2, 0.25) is 5.02 Å². The predicted octanol–water partition coefficient (Wildman–Crippen LogP) is 3.16. The number of sulfone groups is 1. The highest BCUT2D eigenvalue weighted by molar-refractivity contribution is 7.91. The third-order valence-electron chi connectivity index (χ3n) is 3.01. The zero-order valence-corrected chi connectivity index (χ0v) is 12.5. The molecule has 0 aliphatic rings. The highest BCUT2D eigenvalue weighted by Gasteiger charge is 2.20. The van der Waals surface area contributed by atoms with Gasteiger partial charge >= 0.3 is 0 Å². The molecule has 0 fully saturated rings. The van der Waals surface area contributed by atoms with Crippen LogP contribution in [-0.2, 0) is 9.84 Å². The number of halogens is 1. The molecule has 0 unspecified atom stereocenters. The number of aliphatic hydroxyl groups excluding tert-OH is 1. The third-order valence-corrected chi connectivity index (χ3v) is 5.01. The van der Waals surface area contributed by atoms with Crippen molar-refractivity contribution in [2.45, 2.75) is 17.9 Å². The van der Waals surface area contributed by atoms with Crippen LogP contribution in [0.25, 0.3) is 0 Å². The SMILES string of the molecule is Cc1ccc(S(=O)(=O)C[C@@H](O)c2ccc(Cl)cc2)cc1. The number of hydrogen-bond acceptors (Lipinski definition) is 3. The molecule has 0 saturated carbocycles. The normalized spacial score (nSPS) is 13.2. The van der Waals surface area contributed by atoms with Gasteiger partial charge in [-0.25, -0.2) is 8.42 Å². The Morgan fingerprint density at radius 2 is 1.60 bits per heavy atom. The Morgan fingerprint density at radius 1 is 1.05 bits per heavy atom. The summed E-state index contributed by atoms with van der Waals surface area (Å²) in [6.45, 7) is 1.89. The fourth-order valence-electron chi connectivity index (χ4n) is 1.83. The third kappa shape index (κ3) is 3.60. The molecule has 1 N–H and O–H groups in total. The molecular formula is C15H15ClO3S. The van der Waals surface area contributed by atoms with Crippen molar-refractivity contribution in [1.82, 2.24) is 0 Å². The van der Waals surface area contributed by atoms with Crippen molar-refractivity contribution < 1.29 is 13.5 Å². The van der Waals surface area contributed by atoms with Gasteiger partial charge in [-0.15, -0.1) is 0 Å².